The van der Waals surface area contributed by atoms with E-state index >= 15 is 0 Å². The van der Waals surface area contributed by atoms with Gasteiger partial charge in [0.25, 0.3) is 0 Å². The Morgan fingerprint density at radius 3 is 2.80 bits per heavy atom. The average Bonchev–Trinajstić information content (AvgIpc) is 2.97. The zero-order valence-corrected chi connectivity index (χ0v) is 12.7. The van der Waals surface area contributed by atoms with E-state index in [4.69, 9.17) is 0 Å². The molecule has 3 aromatic rings. The number of hydrogen-bond acceptors (Lipinski definition) is 6. The van der Waals surface area contributed by atoms with Crippen LogP contribution in [0.3, 0.4) is 0 Å². The highest BCUT2D eigenvalue weighted by Crippen LogP contribution is 2.31. The van der Waals surface area contributed by atoms with Crippen molar-refractivity contribution >= 4 is 27.4 Å². The van der Waals surface area contributed by atoms with E-state index in [9.17, 15) is 0 Å². The Kier molecular flexibility index (Phi) is 3.13. The summed E-state index contributed by atoms with van der Waals surface area (Å²) < 4.78 is 2.86. The Morgan fingerprint density at radius 1 is 1.30 bits per heavy atom. The Morgan fingerprint density at radius 2 is 2.10 bits per heavy atom. The Balaban J connectivity index is 2.00. The van der Waals surface area contributed by atoms with Crippen molar-refractivity contribution in [2.75, 3.05) is 5.32 Å². The SMILES string of the molecule is Cc1nc(N[C@H](C)c2cnnn2C)c2scc(C)c2n1. The maximum absolute atomic E-state index is 4.53. The predicted octanol–water partition coefficient (Wildman–Crippen LogP) is 2.61. The van der Waals surface area contributed by atoms with Crippen LogP contribution in [0.2, 0.25) is 0 Å². The molecule has 0 aromatic carbocycles. The van der Waals surface area contributed by atoms with Crippen LogP contribution >= 0.6 is 11.3 Å². The topological polar surface area (TPSA) is 68.5 Å². The smallest absolute Gasteiger partial charge is 0.148 e. The highest BCUT2D eigenvalue weighted by atomic mass is 32.1. The summed E-state index contributed by atoms with van der Waals surface area (Å²) in [6.45, 7) is 6.06. The van der Waals surface area contributed by atoms with Crippen molar-refractivity contribution in [2.24, 2.45) is 7.05 Å². The summed E-state index contributed by atoms with van der Waals surface area (Å²) in [5.74, 6) is 1.65. The molecule has 7 heteroatoms. The van der Waals surface area contributed by atoms with Crippen molar-refractivity contribution in [3.05, 3.63) is 28.7 Å². The van der Waals surface area contributed by atoms with Gasteiger partial charge in [0, 0.05) is 7.05 Å². The highest BCUT2D eigenvalue weighted by molar-refractivity contribution is 7.18. The first kappa shape index (κ1) is 13.0. The van der Waals surface area contributed by atoms with Crippen LogP contribution in [0.1, 0.15) is 30.0 Å². The Labute approximate surface area is 120 Å². The van der Waals surface area contributed by atoms with Gasteiger partial charge >= 0.3 is 0 Å². The largest absolute Gasteiger partial charge is 0.361 e. The molecule has 20 heavy (non-hydrogen) atoms. The van der Waals surface area contributed by atoms with E-state index in [-0.39, 0.29) is 6.04 Å². The number of aromatic nitrogens is 5. The summed E-state index contributed by atoms with van der Waals surface area (Å²) in [5.41, 5.74) is 3.23. The van der Waals surface area contributed by atoms with Crippen LogP contribution in [0.4, 0.5) is 5.82 Å². The highest BCUT2D eigenvalue weighted by Gasteiger charge is 2.15. The molecule has 0 amide bonds. The van der Waals surface area contributed by atoms with Gasteiger partial charge in [-0.25, -0.2) is 9.97 Å². The molecule has 3 heterocycles. The van der Waals surface area contributed by atoms with Gasteiger partial charge in [-0.15, -0.1) is 16.4 Å². The van der Waals surface area contributed by atoms with Crippen LogP contribution in [-0.4, -0.2) is 25.0 Å². The maximum atomic E-state index is 4.53. The summed E-state index contributed by atoms with van der Waals surface area (Å²) >= 11 is 1.67. The molecular formula is C13H16N6S. The fourth-order valence-corrected chi connectivity index (χ4v) is 3.15. The second-order valence-corrected chi connectivity index (χ2v) is 5.74. The van der Waals surface area contributed by atoms with Crippen molar-refractivity contribution in [3.8, 4) is 0 Å². The molecule has 0 saturated heterocycles. The number of aryl methyl sites for hydroxylation is 3. The lowest BCUT2D eigenvalue weighted by molar-refractivity contribution is 0.652. The lowest BCUT2D eigenvalue weighted by Gasteiger charge is -2.15. The van der Waals surface area contributed by atoms with Crippen molar-refractivity contribution in [2.45, 2.75) is 26.8 Å². The molecule has 0 aliphatic carbocycles. The van der Waals surface area contributed by atoms with E-state index in [1.54, 1.807) is 22.2 Å². The van der Waals surface area contributed by atoms with Crippen molar-refractivity contribution in [1.29, 1.82) is 0 Å². The van der Waals surface area contributed by atoms with E-state index in [0.29, 0.717) is 0 Å². The summed E-state index contributed by atoms with van der Waals surface area (Å²) in [7, 11) is 1.89. The number of nitrogens with one attached hydrogen (secondary N) is 1. The first-order valence-corrected chi connectivity index (χ1v) is 7.27. The number of thiophene rings is 1. The molecule has 0 aliphatic heterocycles. The summed E-state index contributed by atoms with van der Waals surface area (Å²) in [5, 5.41) is 13.4. The monoisotopic (exact) mass is 288 g/mol. The Hall–Kier alpha value is -2.02. The molecule has 1 atom stereocenters. The minimum absolute atomic E-state index is 0.0786. The van der Waals surface area contributed by atoms with Gasteiger partial charge in [-0.05, 0) is 31.7 Å². The van der Waals surface area contributed by atoms with Crippen LogP contribution in [-0.2, 0) is 7.05 Å². The van der Waals surface area contributed by atoms with Gasteiger partial charge in [0.05, 0.1) is 28.1 Å². The maximum Gasteiger partial charge on any atom is 0.148 e. The number of anilines is 1. The van der Waals surface area contributed by atoms with Crippen LogP contribution in [0.25, 0.3) is 10.2 Å². The summed E-state index contributed by atoms with van der Waals surface area (Å²) in [6, 6.07) is 0.0786. The number of fused-ring (bicyclic) bond motifs is 1. The van der Waals surface area contributed by atoms with Crippen molar-refractivity contribution in [3.63, 3.8) is 0 Å². The molecule has 0 radical (unpaired) electrons. The van der Waals surface area contributed by atoms with E-state index in [0.717, 1.165) is 27.6 Å². The van der Waals surface area contributed by atoms with Gasteiger partial charge < -0.3 is 5.32 Å². The molecule has 104 valence electrons. The molecular weight excluding hydrogens is 272 g/mol. The quantitative estimate of drug-likeness (QED) is 0.802. The van der Waals surface area contributed by atoms with Gasteiger partial charge in [-0.3, -0.25) is 4.68 Å². The van der Waals surface area contributed by atoms with E-state index in [2.05, 4.69) is 44.8 Å². The van der Waals surface area contributed by atoms with Crippen LogP contribution in [0.5, 0.6) is 0 Å². The minimum Gasteiger partial charge on any atom is -0.361 e. The second-order valence-electron chi connectivity index (χ2n) is 4.86. The van der Waals surface area contributed by atoms with Crippen LogP contribution in [0.15, 0.2) is 11.6 Å². The third kappa shape index (κ3) is 2.14. The molecule has 0 saturated carbocycles. The zero-order chi connectivity index (χ0) is 14.3. The summed E-state index contributed by atoms with van der Waals surface area (Å²) in [6.07, 6.45) is 1.77. The zero-order valence-electron chi connectivity index (χ0n) is 11.9. The molecule has 0 aliphatic rings. The molecule has 0 fully saturated rings. The molecule has 3 rings (SSSR count). The van der Waals surface area contributed by atoms with Crippen LogP contribution < -0.4 is 5.32 Å². The third-order valence-corrected chi connectivity index (χ3v) is 4.34. The van der Waals surface area contributed by atoms with Gasteiger partial charge in [-0.2, -0.15) is 0 Å². The number of hydrogen-bond donors (Lipinski definition) is 1. The molecule has 0 spiro atoms. The fourth-order valence-electron chi connectivity index (χ4n) is 2.21. The fraction of sp³-hybridized carbons (Fsp3) is 0.385. The normalized spacial score (nSPS) is 12.8. The first-order chi connectivity index (χ1) is 9.56. The number of nitrogens with zero attached hydrogens (tertiary/aromatic N) is 5. The van der Waals surface area contributed by atoms with Crippen molar-refractivity contribution in [1.82, 2.24) is 25.0 Å². The van der Waals surface area contributed by atoms with E-state index < -0.39 is 0 Å². The van der Waals surface area contributed by atoms with Gasteiger partial charge in [0.1, 0.15) is 11.6 Å². The van der Waals surface area contributed by atoms with E-state index in [1.807, 2.05) is 14.0 Å². The number of rotatable bonds is 3. The molecule has 0 unspecified atom stereocenters. The standard InChI is InChI=1S/C13H16N6S/c1-7-6-20-12-11(7)16-9(3)17-13(12)15-8(2)10-5-14-18-19(10)4/h5-6,8H,1-4H3,(H,15,16,17)/t8-/m1/s1. The van der Waals surface area contributed by atoms with Gasteiger partial charge in [0.15, 0.2) is 0 Å². The lowest BCUT2D eigenvalue weighted by atomic mass is 10.2. The first-order valence-electron chi connectivity index (χ1n) is 6.40. The minimum atomic E-state index is 0.0786. The predicted molar refractivity (Wildman–Crippen MR) is 79.9 cm³/mol. The van der Waals surface area contributed by atoms with Gasteiger partial charge in [-0.1, -0.05) is 5.21 Å². The second kappa shape index (κ2) is 4.82. The van der Waals surface area contributed by atoms with Gasteiger partial charge in [0.2, 0.25) is 0 Å². The van der Waals surface area contributed by atoms with Crippen molar-refractivity contribution < 1.29 is 0 Å². The lowest BCUT2D eigenvalue weighted by Crippen LogP contribution is -2.12. The molecule has 1 N–H and O–H groups in total. The average molecular weight is 288 g/mol. The molecule has 6 nitrogen and oxygen atoms in total. The molecule has 0 bridgehead atoms. The summed E-state index contributed by atoms with van der Waals surface area (Å²) in [4.78, 5) is 9.05. The third-order valence-electron chi connectivity index (χ3n) is 3.25. The Bertz CT molecular complexity index is 759. The molecule has 3 aromatic heterocycles. The van der Waals surface area contributed by atoms with E-state index in [1.165, 1.54) is 5.56 Å². The van der Waals surface area contributed by atoms with Crippen LogP contribution in [0, 0.1) is 13.8 Å².